The molecule has 1 fully saturated rings. The van der Waals surface area contributed by atoms with Crippen molar-refractivity contribution in [1.82, 2.24) is 10.2 Å². The Hall–Kier alpha value is -1.55. The molecule has 0 spiro atoms. The lowest BCUT2D eigenvalue weighted by Crippen LogP contribution is -2.42. The first-order valence-corrected chi connectivity index (χ1v) is 6.94. The number of nitrogens with one attached hydrogen (secondary N) is 1. The number of hydrogen-bond acceptors (Lipinski definition) is 3. The zero-order chi connectivity index (χ0) is 13.8. The van der Waals surface area contributed by atoms with Crippen molar-refractivity contribution in [1.29, 1.82) is 0 Å². The standard InChI is InChI=1S/C15H22N2O2/c1-3-8-17(13-6-7-16-10-13)15(19)12-5-4-11(2)14(18)9-12/h4-5,9,13,16,18H,3,6-8,10H2,1-2H3. The summed E-state index contributed by atoms with van der Waals surface area (Å²) in [6, 6.07) is 5.43. The number of rotatable bonds is 4. The van der Waals surface area contributed by atoms with E-state index in [1.54, 1.807) is 18.2 Å². The van der Waals surface area contributed by atoms with E-state index in [0.717, 1.165) is 38.0 Å². The van der Waals surface area contributed by atoms with Crippen molar-refractivity contribution >= 4 is 5.91 Å². The lowest BCUT2D eigenvalue weighted by Gasteiger charge is -2.28. The van der Waals surface area contributed by atoms with Crippen LogP contribution in [0.15, 0.2) is 18.2 Å². The summed E-state index contributed by atoms with van der Waals surface area (Å²) in [6.07, 6.45) is 1.95. The minimum Gasteiger partial charge on any atom is -0.508 e. The largest absolute Gasteiger partial charge is 0.508 e. The summed E-state index contributed by atoms with van der Waals surface area (Å²) in [5.41, 5.74) is 1.37. The van der Waals surface area contributed by atoms with E-state index in [1.165, 1.54) is 0 Å². The fourth-order valence-corrected chi connectivity index (χ4v) is 2.50. The molecule has 0 radical (unpaired) electrons. The van der Waals surface area contributed by atoms with Crippen LogP contribution in [0, 0.1) is 6.92 Å². The summed E-state index contributed by atoms with van der Waals surface area (Å²) >= 11 is 0. The smallest absolute Gasteiger partial charge is 0.254 e. The third kappa shape index (κ3) is 3.07. The van der Waals surface area contributed by atoms with Crippen LogP contribution < -0.4 is 5.32 Å². The molecule has 4 nitrogen and oxygen atoms in total. The number of benzene rings is 1. The summed E-state index contributed by atoms with van der Waals surface area (Å²) in [6.45, 7) is 6.50. The second kappa shape index (κ2) is 6.06. The van der Waals surface area contributed by atoms with Crippen molar-refractivity contribution in [2.75, 3.05) is 19.6 Å². The Labute approximate surface area is 114 Å². The van der Waals surface area contributed by atoms with Gasteiger partial charge >= 0.3 is 0 Å². The van der Waals surface area contributed by atoms with Gasteiger partial charge in [-0.1, -0.05) is 13.0 Å². The molecule has 1 aromatic carbocycles. The topological polar surface area (TPSA) is 52.6 Å². The van der Waals surface area contributed by atoms with Crippen LogP contribution in [0.25, 0.3) is 0 Å². The van der Waals surface area contributed by atoms with Crippen LogP contribution in [0.3, 0.4) is 0 Å². The predicted molar refractivity (Wildman–Crippen MR) is 75.4 cm³/mol. The lowest BCUT2D eigenvalue weighted by molar-refractivity contribution is 0.0692. The second-order valence-electron chi connectivity index (χ2n) is 5.15. The van der Waals surface area contributed by atoms with Crippen molar-refractivity contribution in [3.05, 3.63) is 29.3 Å². The van der Waals surface area contributed by atoms with Crippen LogP contribution in [0.4, 0.5) is 0 Å². The average Bonchev–Trinajstić information content (AvgIpc) is 2.92. The van der Waals surface area contributed by atoms with Gasteiger partial charge in [0.05, 0.1) is 0 Å². The van der Waals surface area contributed by atoms with Crippen molar-refractivity contribution in [3.63, 3.8) is 0 Å². The Morgan fingerprint density at radius 1 is 1.53 bits per heavy atom. The molecule has 19 heavy (non-hydrogen) atoms. The molecule has 1 saturated heterocycles. The van der Waals surface area contributed by atoms with Gasteiger partial charge in [0, 0.05) is 24.7 Å². The van der Waals surface area contributed by atoms with Gasteiger partial charge in [-0.2, -0.15) is 0 Å². The lowest BCUT2D eigenvalue weighted by atomic mass is 10.1. The van der Waals surface area contributed by atoms with E-state index in [-0.39, 0.29) is 17.7 Å². The molecular formula is C15H22N2O2. The highest BCUT2D eigenvalue weighted by Crippen LogP contribution is 2.20. The van der Waals surface area contributed by atoms with Gasteiger partial charge in [0.2, 0.25) is 0 Å². The molecule has 1 aliphatic rings. The Bertz CT molecular complexity index is 453. The highest BCUT2D eigenvalue weighted by atomic mass is 16.3. The van der Waals surface area contributed by atoms with E-state index in [0.29, 0.717) is 5.56 Å². The van der Waals surface area contributed by atoms with Gasteiger partial charge in [-0.05, 0) is 44.0 Å². The van der Waals surface area contributed by atoms with Crippen molar-refractivity contribution in [3.8, 4) is 5.75 Å². The first-order valence-electron chi connectivity index (χ1n) is 6.94. The second-order valence-corrected chi connectivity index (χ2v) is 5.15. The SMILES string of the molecule is CCCN(C(=O)c1ccc(C)c(O)c1)C1CCNC1. The molecule has 1 heterocycles. The molecule has 4 heteroatoms. The van der Waals surface area contributed by atoms with Gasteiger partial charge in [0.25, 0.3) is 5.91 Å². The molecule has 1 amide bonds. The highest BCUT2D eigenvalue weighted by Gasteiger charge is 2.26. The number of aryl methyl sites for hydroxylation is 1. The van der Waals surface area contributed by atoms with Gasteiger partial charge < -0.3 is 15.3 Å². The average molecular weight is 262 g/mol. The van der Waals surface area contributed by atoms with Crippen molar-refractivity contribution in [2.24, 2.45) is 0 Å². The Morgan fingerprint density at radius 3 is 2.89 bits per heavy atom. The van der Waals surface area contributed by atoms with E-state index >= 15 is 0 Å². The first-order chi connectivity index (χ1) is 9.13. The number of nitrogens with zero attached hydrogens (tertiary/aromatic N) is 1. The van der Waals surface area contributed by atoms with E-state index in [4.69, 9.17) is 0 Å². The van der Waals surface area contributed by atoms with Gasteiger partial charge in [0.1, 0.15) is 5.75 Å². The zero-order valence-electron chi connectivity index (χ0n) is 11.6. The first kappa shape index (κ1) is 13.9. The van der Waals surface area contributed by atoms with Crippen LogP contribution in [0.5, 0.6) is 5.75 Å². The summed E-state index contributed by atoms with van der Waals surface area (Å²) in [5, 5.41) is 13.0. The van der Waals surface area contributed by atoms with Crippen LogP contribution in [0.2, 0.25) is 0 Å². The summed E-state index contributed by atoms with van der Waals surface area (Å²) in [5.74, 6) is 0.206. The van der Waals surface area contributed by atoms with Crippen LogP contribution in [-0.2, 0) is 0 Å². The molecule has 2 rings (SSSR count). The summed E-state index contributed by atoms with van der Waals surface area (Å²) in [4.78, 5) is 14.5. The van der Waals surface area contributed by atoms with Crippen LogP contribution in [0.1, 0.15) is 35.7 Å². The number of phenols is 1. The Kier molecular flexibility index (Phi) is 4.43. The number of amides is 1. The Morgan fingerprint density at radius 2 is 2.32 bits per heavy atom. The van der Waals surface area contributed by atoms with Crippen molar-refractivity contribution in [2.45, 2.75) is 32.7 Å². The minimum atomic E-state index is 0.0193. The minimum absolute atomic E-state index is 0.0193. The maximum absolute atomic E-state index is 12.6. The molecule has 1 atom stereocenters. The predicted octanol–water partition coefficient (Wildman–Crippen LogP) is 1.91. The van der Waals surface area contributed by atoms with E-state index in [1.807, 2.05) is 11.8 Å². The van der Waals surface area contributed by atoms with E-state index < -0.39 is 0 Å². The number of phenolic OH excluding ortho intramolecular Hbond substituents is 1. The number of hydrogen-bond donors (Lipinski definition) is 2. The van der Waals surface area contributed by atoms with Crippen molar-refractivity contribution < 1.29 is 9.90 Å². The Balaban J connectivity index is 2.20. The molecule has 1 aromatic rings. The van der Waals surface area contributed by atoms with Crippen LogP contribution >= 0.6 is 0 Å². The number of carbonyl (C=O) groups excluding carboxylic acids is 1. The third-order valence-corrected chi connectivity index (χ3v) is 3.66. The number of aromatic hydroxyl groups is 1. The van der Waals surface area contributed by atoms with Gasteiger partial charge in [-0.3, -0.25) is 4.79 Å². The highest BCUT2D eigenvalue weighted by molar-refractivity contribution is 5.95. The monoisotopic (exact) mass is 262 g/mol. The fraction of sp³-hybridized carbons (Fsp3) is 0.533. The van der Waals surface area contributed by atoms with Crippen LogP contribution in [-0.4, -0.2) is 41.6 Å². The summed E-state index contributed by atoms with van der Waals surface area (Å²) < 4.78 is 0. The molecule has 2 N–H and O–H groups in total. The molecular weight excluding hydrogens is 240 g/mol. The molecule has 0 bridgehead atoms. The summed E-state index contributed by atoms with van der Waals surface area (Å²) in [7, 11) is 0. The van der Waals surface area contributed by atoms with Gasteiger partial charge in [-0.15, -0.1) is 0 Å². The number of carbonyl (C=O) groups is 1. The zero-order valence-corrected chi connectivity index (χ0v) is 11.6. The van der Waals surface area contributed by atoms with Gasteiger partial charge in [0.15, 0.2) is 0 Å². The third-order valence-electron chi connectivity index (χ3n) is 3.66. The van der Waals surface area contributed by atoms with E-state index in [9.17, 15) is 9.90 Å². The molecule has 0 aliphatic carbocycles. The molecule has 0 aromatic heterocycles. The van der Waals surface area contributed by atoms with Gasteiger partial charge in [-0.25, -0.2) is 0 Å². The molecule has 0 saturated carbocycles. The molecule has 1 aliphatic heterocycles. The fourth-order valence-electron chi connectivity index (χ4n) is 2.50. The normalized spacial score (nSPS) is 18.5. The molecule has 104 valence electrons. The quantitative estimate of drug-likeness (QED) is 0.871. The maximum atomic E-state index is 12.6. The van der Waals surface area contributed by atoms with E-state index in [2.05, 4.69) is 12.2 Å². The maximum Gasteiger partial charge on any atom is 0.254 e. The molecule has 1 unspecified atom stereocenters.